The molecule has 5 nitrogen and oxygen atoms in total. The van der Waals surface area contributed by atoms with E-state index in [1.165, 1.54) is 0 Å². The minimum absolute atomic E-state index is 0.000861. The maximum absolute atomic E-state index is 11.9. The maximum Gasteiger partial charge on any atom is 0.311 e. The SMILES string of the molecule is CC(C)(C)NCCC(=O)N1CCC(C)(C(=O)O)C1. The Hall–Kier alpha value is -1.10. The molecule has 0 radical (unpaired) electrons. The van der Waals surface area contributed by atoms with Crippen molar-refractivity contribution in [3.05, 3.63) is 0 Å². The summed E-state index contributed by atoms with van der Waals surface area (Å²) in [6.45, 7) is 9.37. The minimum Gasteiger partial charge on any atom is -0.481 e. The third kappa shape index (κ3) is 3.98. The van der Waals surface area contributed by atoms with Crippen LogP contribution in [0.3, 0.4) is 0 Å². The first-order chi connectivity index (χ1) is 8.14. The van der Waals surface area contributed by atoms with Crippen LogP contribution in [0.2, 0.25) is 0 Å². The van der Waals surface area contributed by atoms with Gasteiger partial charge in [-0.3, -0.25) is 9.59 Å². The van der Waals surface area contributed by atoms with Crippen molar-refractivity contribution in [1.29, 1.82) is 0 Å². The van der Waals surface area contributed by atoms with Crippen LogP contribution >= 0.6 is 0 Å². The molecule has 2 N–H and O–H groups in total. The zero-order valence-electron chi connectivity index (χ0n) is 11.7. The van der Waals surface area contributed by atoms with Gasteiger partial charge in [0.1, 0.15) is 0 Å². The van der Waals surface area contributed by atoms with E-state index in [2.05, 4.69) is 26.1 Å². The quantitative estimate of drug-likeness (QED) is 0.790. The van der Waals surface area contributed by atoms with E-state index < -0.39 is 11.4 Å². The zero-order valence-corrected chi connectivity index (χ0v) is 11.7. The van der Waals surface area contributed by atoms with Crippen molar-refractivity contribution in [3.8, 4) is 0 Å². The van der Waals surface area contributed by atoms with E-state index in [0.717, 1.165) is 0 Å². The highest BCUT2D eigenvalue weighted by Gasteiger charge is 2.41. The molecule has 104 valence electrons. The molecule has 0 aromatic heterocycles. The molecule has 1 aliphatic heterocycles. The summed E-state index contributed by atoms with van der Waals surface area (Å²) in [5, 5.41) is 12.4. The van der Waals surface area contributed by atoms with Crippen LogP contribution < -0.4 is 5.32 Å². The number of nitrogens with zero attached hydrogens (tertiary/aromatic N) is 1. The fourth-order valence-corrected chi connectivity index (χ4v) is 2.05. The normalized spacial score (nSPS) is 24.3. The second-order valence-electron chi connectivity index (χ2n) is 6.36. The van der Waals surface area contributed by atoms with Crippen LogP contribution in [0, 0.1) is 5.41 Å². The Balaban J connectivity index is 2.39. The van der Waals surface area contributed by atoms with Gasteiger partial charge in [0.15, 0.2) is 0 Å². The third-order valence-electron chi connectivity index (χ3n) is 3.34. The summed E-state index contributed by atoms with van der Waals surface area (Å²) in [5.41, 5.74) is -0.770. The summed E-state index contributed by atoms with van der Waals surface area (Å²) in [7, 11) is 0. The summed E-state index contributed by atoms with van der Waals surface area (Å²) in [5.74, 6) is -0.776. The zero-order chi connectivity index (χ0) is 14.0. The highest BCUT2D eigenvalue weighted by Crippen LogP contribution is 2.30. The molecule has 0 aromatic carbocycles. The van der Waals surface area contributed by atoms with Crippen LogP contribution in [0.4, 0.5) is 0 Å². The number of hydrogen-bond donors (Lipinski definition) is 2. The number of aliphatic carboxylic acids is 1. The van der Waals surface area contributed by atoms with Crippen molar-refractivity contribution < 1.29 is 14.7 Å². The number of hydrogen-bond acceptors (Lipinski definition) is 3. The predicted molar refractivity (Wildman–Crippen MR) is 69.3 cm³/mol. The van der Waals surface area contributed by atoms with Gasteiger partial charge in [-0.1, -0.05) is 0 Å². The molecule has 1 rings (SSSR count). The van der Waals surface area contributed by atoms with Crippen LogP contribution in [0.5, 0.6) is 0 Å². The van der Waals surface area contributed by atoms with Gasteiger partial charge < -0.3 is 15.3 Å². The summed E-state index contributed by atoms with van der Waals surface area (Å²) in [4.78, 5) is 24.7. The first-order valence-corrected chi connectivity index (χ1v) is 6.40. The van der Waals surface area contributed by atoms with Gasteiger partial charge in [0.25, 0.3) is 0 Å². The predicted octanol–water partition coefficient (Wildman–Crippen LogP) is 1.09. The van der Waals surface area contributed by atoms with E-state index >= 15 is 0 Å². The number of carbonyl (C=O) groups excluding carboxylic acids is 1. The molecule has 0 aromatic rings. The Morgan fingerprint density at radius 3 is 2.44 bits per heavy atom. The van der Waals surface area contributed by atoms with Gasteiger partial charge in [-0.25, -0.2) is 0 Å². The Morgan fingerprint density at radius 2 is 2.00 bits per heavy atom. The average Bonchev–Trinajstić information content (AvgIpc) is 2.60. The molecular formula is C13H24N2O3. The highest BCUT2D eigenvalue weighted by molar-refractivity contribution is 5.80. The van der Waals surface area contributed by atoms with Crippen molar-refractivity contribution in [1.82, 2.24) is 10.2 Å². The third-order valence-corrected chi connectivity index (χ3v) is 3.34. The van der Waals surface area contributed by atoms with Crippen LogP contribution in [0.1, 0.15) is 40.5 Å². The standard InChI is InChI=1S/C13H24N2O3/c1-12(2,3)14-7-5-10(16)15-8-6-13(4,9-15)11(17)18/h14H,5-9H2,1-4H3,(H,17,18). The van der Waals surface area contributed by atoms with Crippen molar-refractivity contribution in [3.63, 3.8) is 0 Å². The highest BCUT2D eigenvalue weighted by atomic mass is 16.4. The van der Waals surface area contributed by atoms with Crippen molar-refractivity contribution in [2.75, 3.05) is 19.6 Å². The van der Waals surface area contributed by atoms with Gasteiger partial charge in [-0.2, -0.15) is 0 Å². The summed E-state index contributed by atoms with van der Waals surface area (Å²) < 4.78 is 0. The van der Waals surface area contributed by atoms with E-state index in [-0.39, 0.29) is 11.4 Å². The molecule has 1 fully saturated rings. The molecule has 5 heteroatoms. The Labute approximate surface area is 109 Å². The molecule has 1 heterocycles. The van der Waals surface area contributed by atoms with Crippen molar-refractivity contribution >= 4 is 11.9 Å². The lowest BCUT2D eigenvalue weighted by molar-refractivity contribution is -0.147. The van der Waals surface area contributed by atoms with Gasteiger partial charge in [0.05, 0.1) is 5.41 Å². The number of nitrogens with one attached hydrogen (secondary N) is 1. The fourth-order valence-electron chi connectivity index (χ4n) is 2.05. The van der Waals surface area contributed by atoms with Crippen LogP contribution in [0.15, 0.2) is 0 Å². The molecule has 0 aliphatic carbocycles. The van der Waals surface area contributed by atoms with E-state index in [4.69, 9.17) is 5.11 Å². The Kier molecular flexibility index (Phi) is 4.37. The number of rotatable bonds is 4. The molecule has 1 amide bonds. The smallest absolute Gasteiger partial charge is 0.311 e. The molecule has 1 atom stereocenters. The topological polar surface area (TPSA) is 69.6 Å². The second-order valence-corrected chi connectivity index (χ2v) is 6.36. The number of carboxylic acid groups (broad SMARTS) is 1. The molecule has 18 heavy (non-hydrogen) atoms. The lowest BCUT2D eigenvalue weighted by Gasteiger charge is -2.23. The van der Waals surface area contributed by atoms with Crippen LogP contribution in [0.25, 0.3) is 0 Å². The molecule has 1 saturated heterocycles. The van der Waals surface area contributed by atoms with Gasteiger partial charge in [0, 0.05) is 31.6 Å². The van der Waals surface area contributed by atoms with Gasteiger partial charge in [0.2, 0.25) is 5.91 Å². The van der Waals surface area contributed by atoms with E-state index in [9.17, 15) is 9.59 Å². The van der Waals surface area contributed by atoms with E-state index in [1.54, 1.807) is 11.8 Å². The van der Waals surface area contributed by atoms with E-state index in [0.29, 0.717) is 32.5 Å². The molecule has 0 saturated carbocycles. The number of likely N-dealkylation sites (tertiary alicyclic amines) is 1. The monoisotopic (exact) mass is 256 g/mol. The second kappa shape index (κ2) is 5.26. The number of carboxylic acids is 1. The van der Waals surface area contributed by atoms with E-state index in [1.807, 2.05) is 0 Å². The Morgan fingerprint density at radius 1 is 1.39 bits per heavy atom. The van der Waals surface area contributed by atoms with Crippen molar-refractivity contribution in [2.45, 2.75) is 46.1 Å². The molecule has 0 bridgehead atoms. The summed E-state index contributed by atoms with van der Waals surface area (Å²) in [6.07, 6.45) is 0.966. The fraction of sp³-hybridized carbons (Fsp3) is 0.846. The van der Waals surface area contributed by atoms with Crippen LogP contribution in [-0.4, -0.2) is 47.1 Å². The van der Waals surface area contributed by atoms with Gasteiger partial charge in [-0.05, 0) is 34.1 Å². The van der Waals surface area contributed by atoms with Gasteiger partial charge in [-0.15, -0.1) is 0 Å². The van der Waals surface area contributed by atoms with Crippen molar-refractivity contribution in [2.24, 2.45) is 5.41 Å². The lowest BCUT2D eigenvalue weighted by atomic mass is 9.90. The maximum atomic E-state index is 11.9. The average molecular weight is 256 g/mol. The summed E-state index contributed by atoms with van der Waals surface area (Å²) >= 11 is 0. The molecule has 1 aliphatic rings. The number of carbonyl (C=O) groups is 2. The molecule has 1 unspecified atom stereocenters. The first-order valence-electron chi connectivity index (χ1n) is 6.40. The first kappa shape index (κ1) is 15.0. The van der Waals surface area contributed by atoms with Gasteiger partial charge >= 0.3 is 5.97 Å². The Bertz CT molecular complexity index is 336. The molecule has 0 spiro atoms. The lowest BCUT2D eigenvalue weighted by Crippen LogP contribution is -2.40. The minimum atomic E-state index is -0.814. The number of amides is 1. The summed E-state index contributed by atoms with van der Waals surface area (Å²) in [6, 6.07) is 0. The molecular weight excluding hydrogens is 232 g/mol. The van der Waals surface area contributed by atoms with Crippen LogP contribution in [-0.2, 0) is 9.59 Å². The largest absolute Gasteiger partial charge is 0.481 e.